The molecule has 2 bridgehead atoms. The monoisotopic (exact) mass is 464 g/mol. The van der Waals surface area contributed by atoms with Crippen LogP contribution in [-0.2, 0) is 10.9 Å². The molecule has 1 N–H and O–H groups in total. The number of hydrogen-bond acceptors (Lipinski definition) is 4. The lowest BCUT2D eigenvalue weighted by atomic mass is 9.86. The first-order chi connectivity index (χ1) is 15.8. The summed E-state index contributed by atoms with van der Waals surface area (Å²) in [7, 11) is 0. The van der Waals surface area contributed by atoms with Gasteiger partial charge in [0.15, 0.2) is 0 Å². The van der Waals surface area contributed by atoms with E-state index < -0.39 is 23.7 Å². The number of nitrogens with one attached hydrogen (secondary N) is 1. The van der Waals surface area contributed by atoms with Crippen molar-refractivity contribution < 1.29 is 31.8 Å². The van der Waals surface area contributed by atoms with Crippen LogP contribution in [0.25, 0.3) is 11.1 Å². The van der Waals surface area contributed by atoms with Gasteiger partial charge in [-0.05, 0) is 61.2 Å². The van der Waals surface area contributed by atoms with Gasteiger partial charge in [-0.1, -0.05) is 18.2 Å². The molecule has 4 heterocycles. The van der Waals surface area contributed by atoms with E-state index in [4.69, 9.17) is 9.47 Å². The lowest BCUT2D eigenvalue weighted by Gasteiger charge is -2.44. The van der Waals surface area contributed by atoms with Crippen LogP contribution in [0, 0.1) is 11.7 Å². The molecule has 3 saturated heterocycles. The maximum Gasteiger partial charge on any atom is 0.419 e. The number of alkyl carbamates (subject to hydrolysis) is 1. The summed E-state index contributed by atoms with van der Waals surface area (Å²) < 4.78 is 64.3. The van der Waals surface area contributed by atoms with Crippen molar-refractivity contribution in [3.05, 3.63) is 53.3 Å². The quantitative estimate of drug-likeness (QED) is 0.638. The number of hydrogen-bond donors (Lipinski definition) is 1. The molecule has 2 aromatic carbocycles. The van der Waals surface area contributed by atoms with Gasteiger partial charge in [0.05, 0.1) is 18.2 Å². The van der Waals surface area contributed by atoms with Gasteiger partial charge in [-0.3, -0.25) is 4.90 Å². The Morgan fingerprint density at radius 2 is 1.79 bits per heavy atom. The third-order valence-electron chi connectivity index (χ3n) is 6.80. The third-order valence-corrected chi connectivity index (χ3v) is 6.80. The predicted octanol–water partition coefficient (Wildman–Crippen LogP) is 5.16. The van der Waals surface area contributed by atoms with E-state index in [9.17, 15) is 22.4 Å². The molecule has 6 rings (SSSR count). The van der Waals surface area contributed by atoms with E-state index in [-0.39, 0.29) is 17.7 Å². The van der Waals surface area contributed by atoms with E-state index in [0.717, 1.165) is 50.2 Å². The van der Waals surface area contributed by atoms with Crippen molar-refractivity contribution in [1.29, 1.82) is 0 Å². The highest BCUT2D eigenvalue weighted by atomic mass is 19.4. The van der Waals surface area contributed by atoms with Gasteiger partial charge in [-0.25, -0.2) is 9.18 Å². The van der Waals surface area contributed by atoms with Crippen LogP contribution in [-0.4, -0.2) is 43.3 Å². The average Bonchev–Trinajstić information content (AvgIpc) is 2.79. The molecule has 2 aromatic rings. The van der Waals surface area contributed by atoms with E-state index >= 15 is 0 Å². The molecule has 0 radical (unpaired) electrons. The lowest BCUT2D eigenvalue weighted by Crippen LogP contribution is -2.52. The summed E-state index contributed by atoms with van der Waals surface area (Å²) in [5.74, 6) is -0.432. The first-order valence-corrected chi connectivity index (χ1v) is 11.1. The Morgan fingerprint density at radius 1 is 1.06 bits per heavy atom. The van der Waals surface area contributed by atoms with Crippen LogP contribution in [0.4, 0.5) is 22.4 Å². The Bertz CT molecular complexity index is 1050. The number of amides is 1. The summed E-state index contributed by atoms with van der Waals surface area (Å²) >= 11 is 0. The first-order valence-electron chi connectivity index (χ1n) is 11.1. The van der Waals surface area contributed by atoms with Crippen LogP contribution in [0.5, 0.6) is 5.75 Å². The first kappa shape index (κ1) is 22.0. The number of carbonyl (C=O) groups excluding carboxylic acids is 1. The van der Waals surface area contributed by atoms with E-state index in [2.05, 4.69) is 10.2 Å². The Hall–Kier alpha value is -2.81. The van der Waals surface area contributed by atoms with E-state index in [1.165, 1.54) is 6.07 Å². The zero-order valence-electron chi connectivity index (χ0n) is 17.8. The predicted molar refractivity (Wildman–Crippen MR) is 112 cm³/mol. The Balaban J connectivity index is 1.31. The number of benzene rings is 2. The smallest absolute Gasteiger partial charge is 0.419 e. The summed E-state index contributed by atoms with van der Waals surface area (Å²) in [5, 5.41) is 2.92. The largest absolute Gasteiger partial charge is 0.493 e. The van der Waals surface area contributed by atoms with Crippen molar-refractivity contribution in [2.75, 3.05) is 26.2 Å². The van der Waals surface area contributed by atoms with Gasteiger partial charge in [0.1, 0.15) is 17.7 Å². The van der Waals surface area contributed by atoms with Crippen LogP contribution in [0.2, 0.25) is 0 Å². The van der Waals surface area contributed by atoms with Crippen molar-refractivity contribution >= 4 is 6.09 Å². The molecule has 9 heteroatoms. The van der Waals surface area contributed by atoms with Crippen molar-refractivity contribution in [2.24, 2.45) is 5.92 Å². The molecule has 1 amide bonds. The molecule has 2 atom stereocenters. The summed E-state index contributed by atoms with van der Waals surface area (Å²) in [6.07, 6.45) is -2.72. The highest BCUT2D eigenvalue weighted by Gasteiger charge is 2.37. The maximum absolute atomic E-state index is 13.6. The highest BCUT2D eigenvalue weighted by Crippen LogP contribution is 2.38. The zero-order valence-corrected chi connectivity index (χ0v) is 17.8. The third kappa shape index (κ3) is 4.51. The Kier molecular flexibility index (Phi) is 5.68. The Morgan fingerprint density at radius 3 is 2.48 bits per heavy atom. The van der Waals surface area contributed by atoms with Crippen molar-refractivity contribution in [1.82, 2.24) is 10.2 Å². The van der Waals surface area contributed by atoms with Gasteiger partial charge in [-0.2, -0.15) is 13.2 Å². The van der Waals surface area contributed by atoms with E-state index in [1.807, 2.05) is 0 Å². The van der Waals surface area contributed by atoms with Crippen molar-refractivity contribution in [3.8, 4) is 16.9 Å². The normalized spacial score (nSPS) is 26.3. The van der Waals surface area contributed by atoms with Crippen LogP contribution >= 0.6 is 0 Å². The summed E-state index contributed by atoms with van der Waals surface area (Å²) in [6.45, 7) is 3.22. The van der Waals surface area contributed by atoms with Gasteiger partial charge in [0, 0.05) is 18.5 Å². The van der Waals surface area contributed by atoms with Gasteiger partial charge in [0.2, 0.25) is 0 Å². The van der Waals surface area contributed by atoms with Gasteiger partial charge < -0.3 is 14.8 Å². The number of halogens is 4. The minimum absolute atomic E-state index is 0.101. The molecule has 5 nitrogen and oxygen atoms in total. The van der Waals surface area contributed by atoms with E-state index in [1.54, 1.807) is 18.2 Å². The minimum Gasteiger partial charge on any atom is -0.493 e. The molecular formula is C24H24F4N2O3. The van der Waals surface area contributed by atoms with Gasteiger partial charge in [-0.15, -0.1) is 0 Å². The summed E-state index contributed by atoms with van der Waals surface area (Å²) in [4.78, 5) is 14.9. The molecule has 0 aromatic heterocycles. The molecule has 0 aliphatic carbocycles. The average molecular weight is 464 g/mol. The number of piperidine rings is 3. The Labute approximate surface area is 188 Å². The molecular weight excluding hydrogens is 440 g/mol. The molecule has 1 unspecified atom stereocenters. The van der Waals surface area contributed by atoms with Crippen LogP contribution in [0.1, 0.15) is 36.4 Å². The topological polar surface area (TPSA) is 50.8 Å². The molecule has 3 fully saturated rings. The molecule has 4 aliphatic rings. The van der Waals surface area contributed by atoms with E-state index in [0.29, 0.717) is 30.3 Å². The number of rotatable bonds is 3. The standard InChI is InChI=1S/C24H24F4N2O3/c25-19-4-2-15(11-18(19)24(26,27)28)16-1-3-17-20(7-10-32-21(17)12-16)29-23(31)33-22-13-30-8-5-14(22)6-9-30/h1-4,11-12,14,20,22H,5-10,13H2,(H,29,31)/t20?,22-/m0/s1. The number of carbonyl (C=O) groups is 1. The lowest BCUT2D eigenvalue weighted by molar-refractivity contribution is -0.139. The van der Waals surface area contributed by atoms with Crippen molar-refractivity contribution in [2.45, 2.75) is 37.6 Å². The van der Waals surface area contributed by atoms with Gasteiger partial charge >= 0.3 is 12.3 Å². The number of alkyl halides is 3. The number of ether oxygens (including phenoxy) is 2. The van der Waals surface area contributed by atoms with Gasteiger partial charge in [0.25, 0.3) is 0 Å². The van der Waals surface area contributed by atoms with Crippen LogP contribution < -0.4 is 10.1 Å². The van der Waals surface area contributed by atoms with Crippen LogP contribution in [0.3, 0.4) is 0 Å². The minimum atomic E-state index is -4.78. The zero-order chi connectivity index (χ0) is 23.2. The fourth-order valence-electron chi connectivity index (χ4n) is 5.00. The van der Waals surface area contributed by atoms with Crippen molar-refractivity contribution in [3.63, 3.8) is 0 Å². The maximum atomic E-state index is 13.6. The number of nitrogens with zero attached hydrogens (tertiary/aromatic N) is 1. The molecule has 176 valence electrons. The fraction of sp³-hybridized carbons (Fsp3) is 0.458. The molecule has 33 heavy (non-hydrogen) atoms. The second-order valence-corrected chi connectivity index (χ2v) is 8.86. The second-order valence-electron chi connectivity index (χ2n) is 8.86. The van der Waals surface area contributed by atoms with Crippen LogP contribution in [0.15, 0.2) is 36.4 Å². The SMILES string of the molecule is O=C(NC1CCOc2cc(-c3ccc(F)c(C(F)(F)F)c3)ccc21)O[C@H]1CN2CCC1CC2. The highest BCUT2D eigenvalue weighted by molar-refractivity contribution is 5.70. The summed E-state index contributed by atoms with van der Waals surface area (Å²) in [6, 6.07) is 7.57. The summed E-state index contributed by atoms with van der Waals surface area (Å²) in [5.41, 5.74) is 0.115. The fourth-order valence-corrected chi connectivity index (χ4v) is 5.00. The molecule has 0 saturated carbocycles. The second kappa shape index (κ2) is 8.52. The molecule has 0 spiro atoms. The molecule has 4 aliphatic heterocycles. The number of fused-ring (bicyclic) bond motifs is 4.